The Labute approximate surface area is 132 Å². The molecule has 108 valence electrons. The smallest absolute Gasteiger partial charge is 0.191 e. The van der Waals surface area contributed by atoms with Crippen LogP contribution in [0.25, 0.3) is 0 Å². The predicted octanol–water partition coefficient (Wildman–Crippen LogP) is 3.22. The van der Waals surface area contributed by atoms with Gasteiger partial charge in [-0.15, -0.1) is 24.0 Å². The number of rotatable bonds is 4. The summed E-state index contributed by atoms with van der Waals surface area (Å²) in [6, 6.07) is 5.63. The van der Waals surface area contributed by atoms with Gasteiger partial charge in [-0.2, -0.15) is 0 Å². The molecule has 0 bridgehead atoms. The van der Waals surface area contributed by atoms with Crippen molar-refractivity contribution >= 4 is 29.9 Å². The van der Waals surface area contributed by atoms with Crippen molar-refractivity contribution < 1.29 is 4.39 Å². The number of benzene rings is 1. The summed E-state index contributed by atoms with van der Waals surface area (Å²) in [5, 5.41) is 6.43. The lowest BCUT2D eigenvalue weighted by molar-refractivity contribution is 0.612. The maximum Gasteiger partial charge on any atom is 0.191 e. The molecule has 1 unspecified atom stereocenters. The van der Waals surface area contributed by atoms with E-state index in [0.29, 0.717) is 18.2 Å². The first-order chi connectivity index (χ1) is 8.56. The Balaban J connectivity index is 0.00000324. The zero-order chi connectivity index (χ0) is 13.5. The van der Waals surface area contributed by atoms with Crippen LogP contribution in [0.3, 0.4) is 0 Å². The third-order valence-electron chi connectivity index (χ3n) is 2.92. The first-order valence-electron chi connectivity index (χ1n) is 6.29. The van der Waals surface area contributed by atoms with Gasteiger partial charge in [0.1, 0.15) is 5.82 Å². The molecule has 0 spiro atoms. The average molecular weight is 379 g/mol. The number of hydrogen-bond acceptors (Lipinski definition) is 1. The minimum absolute atomic E-state index is 0. The van der Waals surface area contributed by atoms with E-state index in [2.05, 4.69) is 29.5 Å². The number of aliphatic imine (C=N–C) groups is 1. The second-order valence-electron chi connectivity index (χ2n) is 4.46. The van der Waals surface area contributed by atoms with Crippen molar-refractivity contribution in [3.8, 4) is 0 Å². The van der Waals surface area contributed by atoms with Gasteiger partial charge in [0.05, 0.1) is 0 Å². The fourth-order valence-electron chi connectivity index (χ4n) is 1.46. The summed E-state index contributed by atoms with van der Waals surface area (Å²) in [6.45, 7) is 6.53. The van der Waals surface area contributed by atoms with Gasteiger partial charge in [-0.25, -0.2) is 4.39 Å². The van der Waals surface area contributed by atoms with Crippen LogP contribution in [0.1, 0.15) is 31.4 Å². The molecule has 5 heteroatoms. The Morgan fingerprint density at radius 3 is 2.63 bits per heavy atom. The van der Waals surface area contributed by atoms with Crippen LogP contribution >= 0.6 is 24.0 Å². The molecule has 0 aliphatic rings. The number of hydrogen-bond donors (Lipinski definition) is 2. The molecule has 0 radical (unpaired) electrons. The van der Waals surface area contributed by atoms with Gasteiger partial charge in [0.25, 0.3) is 0 Å². The molecule has 0 aromatic heterocycles. The fraction of sp³-hybridized carbons (Fsp3) is 0.500. The van der Waals surface area contributed by atoms with E-state index in [1.54, 1.807) is 26.1 Å². The third-order valence-corrected chi connectivity index (χ3v) is 2.92. The third kappa shape index (κ3) is 6.22. The van der Waals surface area contributed by atoms with Gasteiger partial charge in [0.15, 0.2) is 5.96 Å². The van der Waals surface area contributed by atoms with Crippen LogP contribution in [0, 0.1) is 12.7 Å². The quantitative estimate of drug-likeness (QED) is 0.479. The van der Waals surface area contributed by atoms with Crippen LogP contribution in [0.2, 0.25) is 0 Å². The first kappa shape index (κ1) is 18.1. The van der Waals surface area contributed by atoms with Gasteiger partial charge in [-0.1, -0.05) is 19.1 Å². The molecule has 0 heterocycles. The predicted molar refractivity (Wildman–Crippen MR) is 89.6 cm³/mol. The van der Waals surface area contributed by atoms with Gasteiger partial charge in [-0.3, -0.25) is 4.99 Å². The van der Waals surface area contributed by atoms with Crippen molar-refractivity contribution in [3.63, 3.8) is 0 Å². The molecule has 0 aliphatic heterocycles. The summed E-state index contributed by atoms with van der Waals surface area (Å²) in [6.07, 6.45) is 1.03. The van der Waals surface area contributed by atoms with Gasteiger partial charge in [0.2, 0.25) is 0 Å². The summed E-state index contributed by atoms with van der Waals surface area (Å²) < 4.78 is 13.4. The molecule has 3 nitrogen and oxygen atoms in total. The molecule has 1 atom stereocenters. The second kappa shape index (κ2) is 9.12. The molecule has 0 saturated heterocycles. The Morgan fingerprint density at radius 2 is 2.11 bits per heavy atom. The molecular weight excluding hydrogens is 356 g/mol. The first-order valence-corrected chi connectivity index (χ1v) is 6.29. The van der Waals surface area contributed by atoms with Crippen LogP contribution in [-0.2, 0) is 6.54 Å². The van der Waals surface area contributed by atoms with Crippen molar-refractivity contribution in [2.45, 2.75) is 39.8 Å². The highest BCUT2D eigenvalue weighted by atomic mass is 127. The molecule has 1 rings (SSSR count). The maximum atomic E-state index is 13.4. The Kier molecular flexibility index (Phi) is 8.71. The van der Waals surface area contributed by atoms with E-state index in [4.69, 9.17) is 0 Å². The standard InChI is InChI=1S/C14H22FN3.HI/c1-5-11(3)18-14(16-4)17-9-12-7-6-10(2)13(15)8-12;/h6-8,11H,5,9H2,1-4H3,(H2,16,17,18);1H. The molecular formula is C14H23FIN3. The normalized spacial score (nSPS) is 12.6. The van der Waals surface area contributed by atoms with E-state index in [9.17, 15) is 4.39 Å². The van der Waals surface area contributed by atoms with E-state index in [1.165, 1.54) is 0 Å². The lowest BCUT2D eigenvalue weighted by atomic mass is 10.1. The van der Waals surface area contributed by atoms with Crippen LogP contribution < -0.4 is 10.6 Å². The lowest BCUT2D eigenvalue weighted by Gasteiger charge is -2.16. The summed E-state index contributed by atoms with van der Waals surface area (Å²) in [5.41, 5.74) is 1.58. The van der Waals surface area contributed by atoms with E-state index in [0.717, 1.165) is 17.9 Å². The van der Waals surface area contributed by atoms with Crippen LogP contribution in [-0.4, -0.2) is 19.0 Å². The number of nitrogens with one attached hydrogen (secondary N) is 2. The minimum Gasteiger partial charge on any atom is -0.354 e. The molecule has 19 heavy (non-hydrogen) atoms. The number of nitrogens with zero attached hydrogens (tertiary/aromatic N) is 1. The number of guanidine groups is 1. The number of aryl methyl sites for hydroxylation is 1. The molecule has 1 aromatic carbocycles. The highest BCUT2D eigenvalue weighted by Crippen LogP contribution is 2.08. The van der Waals surface area contributed by atoms with Gasteiger partial charge in [0, 0.05) is 19.6 Å². The van der Waals surface area contributed by atoms with Crippen molar-refractivity contribution in [3.05, 3.63) is 35.1 Å². The van der Waals surface area contributed by atoms with Crippen molar-refractivity contribution in [2.24, 2.45) is 4.99 Å². The zero-order valence-electron chi connectivity index (χ0n) is 12.0. The highest BCUT2D eigenvalue weighted by molar-refractivity contribution is 14.0. The van der Waals surface area contributed by atoms with Crippen molar-refractivity contribution in [2.75, 3.05) is 7.05 Å². The van der Waals surface area contributed by atoms with Gasteiger partial charge in [-0.05, 0) is 37.5 Å². The Morgan fingerprint density at radius 1 is 1.42 bits per heavy atom. The number of halogens is 2. The van der Waals surface area contributed by atoms with Crippen LogP contribution in [0.15, 0.2) is 23.2 Å². The van der Waals surface area contributed by atoms with E-state index < -0.39 is 0 Å². The van der Waals surface area contributed by atoms with E-state index in [-0.39, 0.29) is 29.8 Å². The van der Waals surface area contributed by atoms with Gasteiger partial charge >= 0.3 is 0 Å². The summed E-state index contributed by atoms with van der Waals surface area (Å²) >= 11 is 0. The second-order valence-corrected chi connectivity index (χ2v) is 4.46. The summed E-state index contributed by atoms with van der Waals surface area (Å²) in [7, 11) is 1.73. The van der Waals surface area contributed by atoms with Crippen LogP contribution in [0.4, 0.5) is 4.39 Å². The molecule has 0 amide bonds. The van der Waals surface area contributed by atoms with Crippen molar-refractivity contribution in [1.82, 2.24) is 10.6 Å². The summed E-state index contributed by atoms with van der Waals surface area (Å²) in [4.78, 5) is 4.13. The molecule has 0 fully saturated rings. The SMILES string of the molecule is CCC(C)NC(=NC)NCc1ccc(C)c(F)c1.I. The Hall–Kier alpha value is -0.850. The lowest BCUT2D eigenvalue weighted by Crippen LogP contribution is -2.41. The topological polar surface area (TPSA) is 36.4 Å². The minimum atomic E-state index is -0.167. The fourth-order valence-corrected chi connectivity index (χ4v) is 1.46. The largest absolute Gasteiger partial charge is 0.354 e. The molecule has 0 aliphatic carbocycles. The average Bonchev–Trinajstić information content (AvgIpc) is 2.38. The van der Waals surface area contributed by atoms with E-state index >= 15 is 0 Å². The molecule has 1 aromatic rings. The summed E-state index contributed by atoms with van der Waals surface area (Å²) in [5.74, 6) is 0.574. The highest BCUT2D eigenvalue weighted by Gasteiger charge is 2.03. The molecule has 2 N–H and O–H groups in total. The van der Waals surface area contributed by atoms with E-state index in [1.807, 2.05) is 6.07 Å². The van der Waals surface area contributed by atoms with Crippen molar-refractivity contribution in [1.29, 1.82) is 0 Å². The van der Waals surface area contributed by atoms with Gasteiger partial charge < -0.3 is 10.6 Å². The zero-order valence-corrected chi connectivity index (χ0v) is 14.3. The monoisotopic (exact) mass is 379 g/mol. The molecule has 0 saturated carbocycles. The maximum absolute atomic E-state index is 13.4. The Bertz CT molecular complexity index is 421. The van der Waals surface area contributed by atoms with Crippen LogP contribution in [0.5, 0.6) is 0 Å².